The summed E-state index contributed by atoms with van der Waals surface area (Å²) in [7, 11) is 0. The number of benzene rings is 2. The minimum absolute atomic E-state index is 0.00319. The smallest absolute Gasteiger partial charge is 0.381 e. The Morgan fingerprint density at radius 2 is 1.80 bits per heavy atom. The zero-order chi connectivity index (χ0) is 31.2. The molecule has 3 amide bonds. The molecule has 3 aliphatic heterocycles. The number of carbonyl (C=O) groups excluding carboxylic acids is 3. The highest BCUT2D eigenvalue weighted by Gasteiger charge is 2.41. The second-order valence-corrected chi connectivity index (χ2v) is 12.0. The summed E-state index contributed by atoms with van der Waals surface area (Å²) in [5, 5.41) is 8.88. The van der Waals surface area contributed by atoms with E-state index in [0.717, 1.165) is 17.7 Å². The van der Waals surface area contributed by atoms with Crippen LogP contribution in [0.5, 0.6) is 0 Å². The highest BCUT2D eigenvalue weighted by atomic mass is 19.4. The molecule has 2 aromatic rings. The van der Waals surface area contributed by atoms with Crippen LogP contribution in [0.1, 0.15) is 43.2 Å². The molecule has 0 radical (unpaired) electrons. The zero-order valence-corrected chi connectivity index (χ0v) is 24.6. The molecule has 3 heterocycles. The predicted octanol–water partition coefficient (Wildman–Crippen LogP) is 4.32. The average Bonchev–Trinajstić information content (AvgIpc) is 3.00. The van der Waals surface area contributed by atoms with Crippen molar-refractivity contribution < 1.29 is 32.3 Å². The molecule has 0 aliphatic carbocycles. The third-order valence-electron chi connectivity index (χ3n) is 8.94. The van der Waals surface area contributed by atoms with Gasteiger partial charge in [0.1, 0.15) is 6.04 Å². The van der Waals surface area contributed by atoms with Gasteiger partial charge in [-0.1, -0.05) is 48.6 Å². The van der Waals surface area contributed by atoms with Crippen molar-refractivity contribution in [3.63, 3.8) is 0 Å². The highest BCUT2D eigenvalue weighted by molar-refractivity contribution is 5.92. The fraction of sp³-hybridized carbons (Fsp3) is 0.485. The summed E-state index contributed by atoms with van der Waals surface area (Å²) in [5.41, 5.74) is -0.437. The average molecular weight is 613 g/mol. The molecular formula is C33H39F3N4O4. The fourth-order valence-electron chi connectivity index (χ4n) is 6.38. The number of fused-ring (bicyclic) bond motifs is 1. The van der Waals surface area contributed by atoms with Crippen LogP contribution in [-0.4, -0.2) is 67.6 Å². The number of anilines is 1. The molecule has 0 aromatic heterocycles. The van der Waals surface area contributed by atoms with Crippen molar-refractivity contribution in [1.29, 1.82) is 0 Å². The Hall–Kier alpha value is -3.70. The van der Waals surface area contributed by atoms with E-state index < -0.39 is 29.1 Å². The first-order valence-electron chi connectivity index (χ1n) is 15.2. The maximum Gasteiger partial charge on any atom is 0.416 e. The lowest BCUT2D eigenvalue weighted by Gasteiger charge is -2.40. The second-order valence-electron chi connectivity index (χ2n) is 12.0. The molecule has 2 saturated heterocycles. The van der Waals surface area contributed by atoms with Gasteiger partial charge in [0.15, 0.2) is 0 Å². The van der Waals surface area contributed by atoms with E-state index in [0.29, 0.717) is 64.8 Å². The van der Waals surface area contributed by atoms with Gasteiger partial charge in [0, 0.05) is 44.5 Å². The first kappa shape index (κ1) is 31.7. The van der Waals surface area contributed by atoms with Gasteiger partial charge in [-0.15, -0.1) is 0 Å². The lowest BCUT2D eigenvalue weighted by atomic mass is 9.75. The normalized spacial score (nSPS) is 24.8. The summed E-state index contributed by atoms with van der Waals surface area (Å²) in [6.45, 7) is 2.05. The van der Waals surface area contributed by atoms with Crippen LogP contribution in [0.2, 0.25) is 0 Å². The van der Waals surface area contributed by atoms with Crippen LogP contribution in [-0.2, 0) is 31.7 Å². The first-order chi connectivity index (χ1) is 21.1. The van der Waals surface area contributed by atoms with Gasteiger partial charge in [-0.05, 0) is 61.8 Å². The Morgan fingerprint density at radius 3 is 2.55 bits per heavy atom. The number of piperidine rings is 1. The number of hydrogen-bond acceptors (Lipinski definition) is 5. The van der Waals surface area contributed by atoms with E-state index in [9.17, 15) is 27.6 Å². The van der Waals surface area contributed by atoms with E-state index in [1.165, 1.54) is 12.1 Å². The van der Waals surface area contributed by atoms with Crippen molar-refractivity contribution >= 4 is 23.4 Å². The van der Waals surface area contributed by atoms with Crippen LogP contribution in [0.4, 0.5) is 18.9 Å². The number of likely N-dealkylation sites (tertiary alicyclic amines) is 1. The van der Waals surface area contributed by atoms with Crippen LogP contribution >= 0.6 is 0 Å². The molecule has 3 atom stereocenters. The second kappa shape index (κ2) is 13.9. The molecule has 3 aliphatic rings. The summed E-state index contributed by atoms with van der Waals surface area (Å²) in [6, 6.07) is 13.3. The van der Waals surface area contributed by atoms with E-state index in [1.807, 2.05) is 35.2 Å². The molecule has 44 heavy (non-hydrogen) atoms. The molecule has 3 N–H and O–H groups in total. The van der Waals surface area contributed by atoms with E-state index >= 15 is 0 Å². The highest BCUT2D eigenvalue weighted by Crippen LogP contribution is 2.36. The Kier molecular flexibility index (Phi) is 10.1. The Balaban J connectivity index is 1.30. The van der Waals surface area contributed by atoms with Crippen LogP contribution < -0.4 is 16.0 Å². The first-order valence-corrected chi connectivity index (χ1v) is 15.2. The lowest BCUT2D eigenvalue weighted by molar-refractivity contribution is -0.140. The van der Waals surface area contributed by atoms with Crippen LogP contribution in [0.25, 0.3) is 0 Å². The number of nitrogens with one attached hydrogen (secondary N) is 3. The van der Waals surface area contributed by atoms with Crippen molar-refractivity contribution in [2.45, 2.75) is 56.8 Å². The molecule has 0 unspecified atom stereocenters. The SMILES string of the molecule is O=C(CN1CC[C@H]2NC(=O)[C@@H](Cc3ccccc3)NC(=O)C3(CC=CC[C@H]2C1)CCOCC3)Nc1cccc(C(F)(F)F)c1. The van der Waals surface area contributed by atoms with Gasteiger partial charge in [0.05, 0.1) is 17.5 Å². The van der Waals surface area contributed by atoms with E-state index in [4.69, 9.17) is 4.74 Å². The van der Waals surface area contributed by atoms with Crippen LogP contribution in [0, 0.1) is 11.3 Å². The van der Waals surface area contributed by atoms with Crippen LogP contribution in [0.3, 0.4) is 0 Å². The van der Waals surface area contributed by atoms with Crippen molar-refractivity contribution in [2.75, 3.05) is 38.2 Å². The number of nitrogens with zero attached hydrogens (tertiary/aromatic N) is 1. The van der Waals surface area contributed by atoms with Gasteiger partial charge in [-0.2, -0.15) is 13.2 Å². The van der Waals surface area contributed by atoms with Gasteiger partial charge in [0.2, 0.25) is 17.7 Å². The fourth-order valence-corrected chi connectivity index (χ4v) is 6.38. The summed E-state index contributed by atoms with van der Waals surface area (Å²) in [4.78, 5) is 42.2. The lowest BCUT2D eigenvalue weighted by Crippen LogP contribution is -2.58. The van der Waals surface area contributed by atoms with E-state index in [1.54, 1.807) is 0 Å². The molecule has 236 valence electrons. The number of allylic oxidation sites excluding steroid dienone is 2. The summed E-state index contributed by atoms with van der Waals surface area (Å²) >= 11 is 0. The molecule has 11 heteroatoms. The van der Waals surface area contributed by atoms with Crippen molar-refractivity contribution in [3.8, 4) is 0 Å². The third-order valence-corrected chi connectivity index (χ3v) is 8.94. The van der Waals surface area contributed by atoms with Gasteiger partial charge in [-0.3, -0.25) is 19.3 Å². The molecule has 2 aromatic carbocycles. The Labute approximate surface area is 255 Å². The summed E-state index contributed by atoms with van der Waals surface area (Å²) < 4.78 is 44.9. The van der Waals surface area contributed by atoms with Gasteiger partial charge in [-0.25, -0.2) is 0 Å². The molecule has 2 fully saturated rings. The van der Waals surface area contributed by atoms with E-state index in [2.05, 4.69) is 28.1 Å². The van der Waals surface area contributed by atoms with Gasteiger partial charge in [0.25, 0.3) is 0 Å². The van der Waals surface area contributed by atoms with Crippen molar-refractivity contribution in [3.05, 3.63) is 77.9 Å². The number of hydrogen-bond donors (Lipinski definition) is 3. The molecule has 1 spiro atoms. The topological polar surface area (TPSA) is 99.8 Å². The number of carbonyl (C=O) groups is 3. The maximum absolute atomic E-state index is 13.7. The maximum atomic E-state index is 13.7. The zero-order valence-electron chi connectivity index (χ0n) is 24.6. The molecular weight excluding hydrogens is 573 g/mol. The monoisotopic (exact) mass is 612 g/mol. The number of amides is 3. The summed E-state index contributed by atoms with van der Waals surface area (Å²) in [6.07, 6.45) is 2.90. The molecule has 5 rings (SSSR count). The Morgan fingerprint density at radius 1 is 1.02 bits per heavy atom. The standard InChI is InChI=1S/C33H39F3N4O4/c34-33(35,36)25-10-6-11-26(20-25)37-29(41)22-40-16-12-27-24(21-40)9-4-5-13-32(14-17-44-18-15-32)31(43)39-28(30(42)38-27)19-23-7-2-1-3-8-23/h1-8,10-11,20,24,27-28H,9,12-19,21-22H2,(H,37,41)(H,38,42)(H,39,43)/t24-,27+,28+/m0/s1. The van der Waals surface area contributed by atoms with Crippen LogP contribution in [0.15, 0.2) is 66.7 Å². The minimum Gasteiger partial charge on any atom is -0.381 e. The summed E-state index contributed by atoms with van der Waals surface area (Å²) in [5.74, 6) is -0.758. The van der Waals surface area contributed by atoms with Crippen molar-refractivity contribution in [1.82, 2.24) is 15.5 Å². The van der Waals surface area contributed by atoms with Gasteiger partial charge < -0.3 is 20.7 Å². The van der Waals surface area contributed by atoms with Crippen molar-refractivity contribution in [2.24, 2.45) is 11.3 Å². The predicted molar refractivity (Wildman–Crippen MR) is 159 cm³/mol. The number of ether oxygens (including phenoxy) is 1. The minimum atomic E-state index is -4.50. The molecule has 8 nitrogen and oxygen atoms in total. The number of halogens is 3. The Bertz CT molecular complexity index is 1340. The number of rotatable bonds is 5. The molecule has 0 saturated carbocycles. The quantitative estimate of drug-likeness (QED) is 0.437. The van der Waals surface area contributed by atoms with E-state index in [-0.39, 0.29) is 36.0 Å². The van der Waals surface area contributed by atoms with Gasteiger partial charge >= 0.3 is 6.18 Å². The third kappa shape index (κ3) is 8.06. The number of alkyl halides is 3. The molecule has 0 bridgehead atoms. The largest absolute Gasteiger partial charge is 0.416 e.